The smallest absolute Gasteiger partial charge is 0.224 e. The molecule has 1 aromatic carbocycles. The molecule has 1 amide bonds. The molecule has 4 aromatic rings. The molecule has 0 aliphatic carbocycles. The molecule has 0 fully saturated rings. The molecule has 3 aromatic heterocycles. The number of nitrogens with zero attached hydrogens (tertiary/aromatic N) is 4. The van der Waals surface area contributed by atoms with E-state index in [1.54, 1.807) is 6.20 Å². The van der Waals surface area contributed by atoms with Gasteiger partial charge in [-0.15, -0.1) is 0 Å². The predicted octanol–water partition coefficient (Wildman–Crippen LogP) is 3.88. The van der Waals surface area contributed by atoms with Crippen molar-refractivity contribution in [3.05, 3.63) is 77.4 Å². The zero-order chi connectivity index (χ0) is 21.8. The SMILES string of the molecule is Cc1ccc(-c2c(-c3cc(C)no3)cnn2CCNC(=O)Cc2ccccc2C)cn1. The Balaban J connectivity index is 1.51. The summed E-state index contributed by atoms with van der Waals surface area (Å²) in [4.78, 5) is 16.8. The number of carbonyl (C=O) groups excluding carboxylic acids is 1. The van der Waals surface area contributed by atoms with Gasteiger partial charge in [-0.1, -0.05) is 29.4 Å². The molecule has 3 heterocycles. The number of amides is 1. The van der Waals surface area contributed by atoms with Crippen molar-refractivity contribution in [3.8, 4) is 22.6 Å². The molecule has 158 valence electrons. The number of nitrogens with one attached hydrogen (secondary N) is 1. The number of pyridine rings is 1. The Morgan fingerprint density at radius 1 is 1.06 bits per heavy atom. The van der Waals surface area contributed by atoms with E-state index in [-0.39, 0.29) is 5.91 Å². The molecule has 0 atom stereocenters. The third-order valence-corrected chi connectivity index (χ3v) is 5.18. The maximum absolute atomic E-state index is 12.4. The van der Waals surface area contributed by atoms with Crippen molar-refractivity contribution in [3.63, 3.8) is 0 Å². The Hall–Kier alpha value is -3.74. The maximum Gasteiger partial charge on any atom is 0.224 e. The number of rotatable bonds is 7. The van der Waals surface area contributed by atoms with E-state index in [1.807, 2.05) is 74.1 Å². The summed E-state index contributed by atoms with van der Waals surface area (Å²) in [5, 5.41) is 11.5. The molecule has 0 radical (unpaired) electrons. The second-order valence-corrected chi connectivity index (χ2v) is 7.60. The number of benzene rings is 1. The van der Waals surface area contributed by atoms with Gasteiger partial charge in [0.25, 0.3) is 0 Å². The van der Waals surface area contributed by atoms with Crippen LogP contribution < -0.4 is 5.32 Å². The molecule has 0 saturated carbocycles. The lowest BCUT2D eigenvalue weighted by atomic mass is 10.1. The van der Waals surface area contributed by atoms with Gasteiger partial charge in [-0.25, -0.2) is 0 Å². The van der Waals surface area contributed by atoms with Crippen molar-refractivity contribution in [1.29, 1.82) is 0 Å². The first kappa shape index (κ1) is 20.5. The Kier molecular flexibility index (Phi) is 5.93. The lowest BCUT2D eigenvalue weighted by molar-refractivity contribution is -0.120. The van der Waals surface area contributed by atoms with Crippen LogP contribution >= 0.6 is 0 Å². The molecule has 0 aliphatic rings. The Morgan fingerprint density at radius 3 is 2.61 bits per heavy atom. The van der Waals surface area contributed by atoms with Crippen molar-refractivity contribution in [1.82, 2.24) is 25.2 Å². The third kappa shape index (κ3) is 4.71. The van der Waals surface area contributed by atoms with E-state index in [1.165, 1.54) is 0 Å². The van der Waals surface area contributed by atoms with Gasteiger partial charge in [0.2, 0.25) is 5.91 Å². The highest BCUT2D eigenvalue weighted by Gasteiger charge is 2.18. The number of aryl methyl sites for hydroxylation is 3. The number of carbonyl (C=O) groups is 1. The molecular formula is C24H25N5O2. The lowest BCUT2D eigenvalue weighted by Gasteiger charge is -2.11. The van der Waals surface area contributed by atoms with Crippen LogP contribution in [0.4, 0.5) is 0 Å². The Morgan fingerprint density at radius 2 is 1.90 bits per heavy atom. The largest absolute Gasteiger partial charge is 0.356 e. The van der Waals surface area contributed by atoms with Gasteiger partial charge < -0.3 is 9.84 Å². The topological polar surface area (TPSA) is 85.8 Å². The van der Waals surface area contributed by atoms with E-state index in [0.29, 0.717) is 25.3 Å². The number of hydrogen-bond donors (Lipinski definition) is 1. The number of aromatic nitrogens is 4. The summed E-state index contributed by atoms with van der Waals surface area (Å²) >= 11 is 0. The molecule has 0 unspecified atom stereocenters. The minimum absolute atomic E-state index is 0.00825. The summed E-state index contributed by atoms with van der Waals surface area (Å²) < 4.78 is 7.34. The highest BCUT2D eigenvalue weighted by atomic mass is 16.5. The quantitative estimate of drug-likeness (QED) is 0.495. The molecular weight excluding hydrogens is 390 g/mol. The van der Waals surface area contributed by atoms with E-state index in [2.05, 4.69) is 20.6 Å². The van der Waals surface area contributed by atoms with Gasteiger partial charge in [-0.05, 0) is 44.0 Å². The molecule has 1 N–H and O–H groups in total. The lowest BCUT2D eigenvalue weighted by Crippen LogP contribution is -2.29. The standard InChI is InChI=1S/C24H25N5O2/c1-16-6-4-5-7-19(16)13-23(30)25-10-11-29-24(20-9-8-17(2)26-14-20)21(15-27-29)22-12-18(3)28-31-22/h4-9,12,14-15H,10-11,13H2,1-3H3,(H,25,30). The first-order chi connectivity index (χ1) is 15.0. The van der Waals surface area contributed by atoms with E-state index in [0.717, 1.165) is 39.3 Å². The van der Waals surface area contributed by atoms with Crippen LogP contribution in [0.25, 0.3) is 22.6 Å². The normalized spacial score (nSPS) is 10.9. The van der Waals surface area contributed by atoms with Crippen LogP contribution in [0.5, 0.6) is 0 Å². The van der Waals surface area contributed by atoms with Gasteiger partial charge in [-0.3, -0.25) is 14.5 Å². The summed E-state index contributed by atoms with van der Waals surface area (Å²) in [6.07, 6.45) is 3.96. The second kappa shape index (κ2) is 8.95. The molecule has 0 bridgehead atoms. The van der Waals surface area contributed by atoms with Crippen LogP contribution in [-0.2, 0) is 17.8 Å². The summed E-state index contributed by atoms with van der Waals surface area (Å²) in [5.41, 5.74) is 6.56. The van der Waals surface area contributed by atoms with Gasteiger partial charge in [0.05, 0.1) is 36.1 Å². The number of hydrogen-bond acceptors (Lipinski definition) is 5. The fourth-order valence-electron chi connectivity index (χ4n) is 3.48. The summed E-state index contributed by atoms with van der Waals surface area (Å²) in [6, 6.07) is 13.8. The average Bonchev–Trinajstić information content (AvgIpc) is 3.36. The van der Waals surface area contributed by atoms with Gasteiger partial charge in [0, 0.05) is 30.1 Å². The van der Waals surface area contributed by atoms with Crippen LogP contribution in [-0.4, -0.2) is 32.4 Å². The van der Waals surface area contributed by atoms with E-state index < -0.39 is 0 Å². The van der Waals surface area contributed by atoms with E-state index in [9.17, 15) is 4.79 Å². The summed E-state index contributed by atoms with van der Waals surface area (Å²) in [6.45, 7) is 6.84. The van der Waals surface area contributed by atoms with Crippen LogP contribution in [0, 0.1) is 20.8 Å². The van der Waals surface area contributed by atoms with E-state index >= 15 is 0 Å². The zero-order valence-electron chi connectivity index (χ0n) is 17.9. The first-order valence-corrected chi connectivity index (χ1v) is 10.2. The molecule has 7 heteroatoms. The van der Waals surface area contributed by atoms with Gasteiger partial charge in [0.1, 0.15) is 0 Å². The van der Waals surface area contributed by atoms with Crippen molar-refractivity contribution in [2.45, 2.75) is 33.7 Å². The molecule has 0 aliphatic heterocycles. The first-order valence-electron chi connectivity index (χ1n) is 10.2. The maximum atomic E-state index is 12.4. The minimum atomic E-state index is -0.00825. The monoisotopic (exact) mass is 415 g/mol. The zero-order valence-corrected chi connectivity index (χ0v) is 17.9. The van der Waals surface area contributed by atoms with Crippen molar-refractivity contribution >= 4 is 5.91 Å². The molecule has 31 heavy (non-hydrogen) atoms. The summed E-state index contributed by atoms with van der Waals surface area (Å²) in [5.74, 6) is 0.647. The summed E-state index contributed by atoms with van der Waals surface area (Å²) in [7, 11) is 0. The Bertz CT molecular complexity index is 1190. The molecule has 0 spiro atoms. The van der Waals surface area contributed by atoms with E-state index in [4.69, 9.17) is 4.52 Å². The van der Waals surface area contributed by atoms with Crippen molar-refractivity contribution in [2.24, 2.45) is 0 Å². The van der Waals surface area contributed by atoms with Gasteiger partial charge in [-0.2, -0.15) is 5.10 Å². The predicted molar refractivity (Wildman–Crippen MR) is 118 cm³/mol. The highest BCUT2D eigenvalue weighted by Crippen LogP contribution is 2.32. The second-order valence-electron chi connectivity index (χ2n) is 7.60. The minimum Gasteiger partial charge on any atom is -0.356 e. The van der Waals surface area contributed by atoms with Gasteiger partial charge >= 0.3 is 0 Å². The van der Waals surface area contributed by atoms with Crippen molar-refractivity contribution < 1.29 is 9.32 Å². The van der Waals surface area contributed by atoms with Crippen LogP contribution in [0.3, 0.4) is 0 Å². The Labute approximate surface area is 181 Å². The van der Waals surface area contributed by atoms with Crippen molar-refractivity contribution in [2.75, 3.05) is 6.54 Å². The highest BCUT2D eigenvalue weighted by molar-refractivity contribution is 5.79. The molecule has 7 nitrogen and oxygen atoms in total. The molecule has 0 saturated heterocycles. The van der Waals surface area contributed by atoms with Crippen LogP contribution in [0.1, 0.15) is 22.5 Å². The molecule has 4 rings (SSSR count). The third-order valence-electron chi connectivity index (χ3n) is 5.18. The fourth-order valence-corrected chi connectivity index (χ4v) is 3.48. The average molecular weight is 415 g/mol. The van der Waals surface area contributed by atoms with Gasteiger partial charge in [0.15, 0.2) is 5.76 Å². The van der Waals surface area contributed by atoms with Crippen LogP contribution in [0.2, 0.25) is 0 Å². The fraction of sp³-hybridized carbons (Fsp3) is 0.250. The van der Waals surface area contributed by atoms with Crippen LogP contribution in [0.15, 0.2) is 59.4 Å².